The first kappa shape index (κ1) is 20.4. The third kappa shape index (κ3) is 4.36. The topological polar surface area (TPSA) is 75.7 Å². The molecule has 29 heavy (non-hydrogen) atoms. The molecule has 0 bridgehead atoms. The molecule has 1 saturated heterocycles. The molecule has 1 fully saturated rings. The summed E-state index contributed by atoms with van der Waals surface area (Å²) in [5.41, 5.74) is 0.372. The molecule has 2 heterocycles. The minimum atomic E-state index is -3.91. The zero-order chi connectivity index (χ0) is 20.6. The van der Waals surface area contributed by atoms with Gasteiger partial charge in [0.1, 0.15) is 4.90 Å². The van der Waals surface area contributed by atoms with Crippen molar-refractivity contribution in [2.75, 3.05) is 31.0 Å². The lowest BCUT2D eigenvalue weighted by molar-refractivity contribution is 0.0306. The van der Waals surface area contributed by atoms with Crippen LogP contribution in [-0.4, -0.2) is 45.5 Å². The monoisotopic (exact) mass is 470 g/mol. The fourth-order valence-electron chi connectivity index (χ4n) is 3.03. The Morgan fingerprint density at radius 2 is 1.83 bits per heavy atom. The van der Waals surface area contributed by atoms with Crippen LogP contribution >= 0.6 is 34.5 Å². The van der Waals surface area contributed by atoms with E-state index in [2.05, 4.69) is 4.72 Å². The van der Waals surface area contributed by atoms with E-state index in [0.717, 1.165) is 10.1 Å². The van der Waals surface area contributed by atoms with Gasteiger partial charge in [-0.15, -0.1) is 11.3 Å². The average molecular weight is 471 g/mol. The number of carbonyl (C=O) groups excluding carboxylic acids is 1. The molecule has 3 aromatic rings. The van der Waals surface area contributed by atoms with E-state index >= 15 is 0 Å². The van der Waals surface area contributed by atoms with E-state index in [-0.39, 0.29) is 20.8 Å². The summed E-state index contributed by atoms with van der Waals surface area (Å²) >= 11 is 13.3. The molecule has 6 nitrogen and oxygen atoms in total. The number of sulfonamides is 1. The molecule has 0 atom stereocenters. The van der Waals surface area contributed by atoms with E-state index < -0.39 is 10.0 Å². The molecule has 4 rings (SSSR count). The Morgan fingerprint density at radius 3 is 2.59 bits per heavy atom. The molecule has 1 aliphatic rings. The van der Waals surface area contributed by atoms with Crippen LogP contribution in [0.1, 0.15) is 9.67 Å². The predicted molar refractivity (Wildman–Crippen MR) is 116 cm³/mol. The summed E-state index contributed by atoms with van der Waals surface area (Å²) in [6.07, 6.45) is 0. The van der Waals surface area contributed by atoms with Crippen LogP contribution in [0, 0.1) is 0 Å². The molecule has 1 aliphatic heterocycles. The Hall–Kier alpha value is -1.84. The molecule has 0 saturated carbocycles. The molecule has 0 aliphatic carbocycles. The van der Waals surface area contributed by atoms with Gasteiger partial charge < -0.3 is 9.64 Å². The molecule has 10 heteroatoms. The number of hydrogen-bond donors (Lipinski definition) is 1. The van der Waals surface area contributed by atoms with Crippen molar-refractivity contribution in [2.45, 2.75) is 4.90 Å². The highest BCUT2D eigenvalue weighted by atomic mass is 35.5. The van der Waals surface area contributed by atoms with Crippen molar-refractivity contribution < 1.29 is 17.9 Å². The van der Waals surface area contributed by atoms with Gasteiger partial charge in [-0.3, -0.25) is 9.52 Å². The molecular weight excluding hydrogens is 455 g/mol. The fourth-order valence-corrected chi connectivity index (χ4v) is 5.85. The number of carbonyl (C=O) groups is 1. The second-order valence-corrected chi connectivity index (χ2v) is 10.0. The number of nitrogens with zero attached hydrogens (tertiary/aromatic N) is 1. The molecule has 0 spiro atoms. The molecule has 1 aromatic heterocycles. The maximum absolute atomic E-state index is 12.7. The minimum absolute atomic E-state index is 0.0395. The van der Waals surface area contributed by atoms with E-state index in [1.807, 2.05) is 0 Å². The average Bonchev–Trinajstić information content (AvgIpc) is 3.13. The highest BCUT2D eigenvalue weighted by Gasteiger charge is 2.22. The van der Waals surface area contributed by atoms with Crippen molar-refractivity contribution in [3.63, 3.8) is 0 Å². The second kappa shape index (κ2) is 8.12. The van der Waals surface area contributed by atoms with E-state index in [0.29, 0.717) is 36.9 Å². The smallest absolute Gasteiger partial charge is 0.264 e. The van der Waals surface area contributed by atoms with Gasteiger partial charge in [-0.25, -0.2) is 8.42 Å². The molecule has 1 amide bonds. The molecular formula is C19H16Cl2N2O4S2. The van der Waals surface area contributed by atoms with E-state index in [4.69, 9.17) is 27.9 Å². The fraction of sp³-hybridized carbons (Fsp3) is 0.211. The number of rotatable bonds is 4. The van der Waals surface area contributed by atoms with Gasteiger partial charge in [0.15, 0.2) is 0 Å². The SMILES string of the molecule is O=C(c1cc2cc(NS(=O)(=O)c3cc(Cl)ccc3Cl)ccc2s1)N1CCOCC1. The lowest BCUT2D eigenvalue weighted by atomic mass is 10.2. The van der Waals surface area contributed by atoms with Crippen LogP contribution in [0.3, 0.4) is 0 Å². The standard InChI is InChI=1S/C19H16Cl2N2O4S2/c20-13-1-3-15(21)18(11-13)29(25,26)22-14-2-4-16-12(9-14)10-17(28-16)19(24)23-5-7-27-8-6-23/h1-4,9-11,22H,5-8H2. The third-order valence-corrected chi connectivity index (χ3v) is 7.66. The zero-order valence-corrected chi connectivity index (χ0v) is 18.2. The van der Waals surface area contributed by atoms with Gasteiger partial charge in [0, 0.05) is 28.5 Å². The van der Waals surface area contributed by atoms with Gasteiger partial charge >= 0.3 is 0 Å². The van der Waals surface area contributed by atoms with Crippen molar-refractivity contribution in [2.24, 2.45) is 0 Å². The molecule has 0 radical (unpaired) electrons. The van der Waals surface area contributed by atoms with Gasteiger partial charge in [-0.05, 0) is 47.9 Å². The predicted octanol–water partition coefficient (Wildman–Crippen LogP) is 4.48. The van der Waals surface area contributed by atoms with Crippen LogP contribution in [0.25, 0.3) is 10.1 Å². The Labute approximate surface area is 182 Å². The van der Waals surface area contributed by atoms with Gasteiger partial charge in [-0.1, -0.05) is 23.2 Å². The zero-order valence-electron chi connectivity index (χ0n) is 15.0. The Balaban J connectivity index is 1.60. The number of ether oxygens (including phenoxy) is 1. The Bertz CT molecular complexity index is 1190. The van der Waals surface area contributed by atoms with Crippen LogP contribution in [0.5, 0.6) is 0 Å². The summed E-state index contributed by atoms with van der Waals surface area (Å²) in [5, 5.41) is 1.13. The first-order chi connectivity index (χ1) is 13.8. The van der Waals surface area contributed by atoms with Crippen LogP contribution in [0.4, 0.5) is 5.69 Å². The van der Waals surface area contributed by atoms with Crippen molar-refractivity contribution in [3.8, 4) is 0 Å². The summed E-state index contributed by atoms with van der Waals surface area (Å²) in [6.45, 7) is 2.21. The number of fused-ring (bicyclic) bond motifs is 1. The number of anilines is 1. The van der Waals surface area contributed by atoms with Gasteiger partial charge in [0.25, 0.3) is 15.9 Å². The van der Waals surface area contributed by atoms with Gasteiger partial charge in [0.2, 0.25) is 0 Å². The number of thiophene rings is 1. The third-order valence-electron chi connectivity index (χ3n) is 4.46. The first-order valence-electron chi connectivity index (χ1n) is 8.72. The maximum atomic E-state index is 12.7. The number of nitrogens with one attached hydrogen (secondary N) is 1. The number of halogens is 2. The normalized spacial score (nSPS) is 14.9. The van der Waals surface area contributed by atoms with Crippen molar-refractivity contribution in [3.05, 3.63) is 57.4 Å². The van der Waals surface area contributed by atoms with Crippen LogP contribution < -0.4 is 4.72 Å². The molecule has 0 unspecified atom stereocenters. The molecule has 1 N–H and O–H groups in total. The summed E-state index contributed by atoms with van der Waals surface area (Å²) in [6, 6.07) is 11.2. The number of hydrogen-bond acceptors (Lipinski definition) is 5. The first-order valence-corrected chi connectivity index (χ1v) is 11.8. The Morgan fingerprint density at radius 1 is 1.07 bits per heavy atom. The van der Waals surface area contributed by atoms with E-state index in [1.54, 1.807) is 29.2 Å². The van der Waals surface area contributed by atoms with E-state index in [1.165, 1.54) is 29.5 Å². The summed E-state index contributed by atoms with van der Waals surface area (Å²) in [7, 11) is -3.91. The van der Waals surface area contributed by atoms with Gasteiger partial charge in [-0.2, -0.15) is 0 Å². The summed E-state index contributed by atoms with van der Waals surface area (Å²) in [5.74, 6) is -0.0395. The highest BCUT2D eigenvalue weighted by molar-refractivity contribution is 7.92. The lowest BCUT2D eigenvalue weighted by Gasteiger charge is -2.26. The number of benzene rings is 2. The quantitative estimate of drug-likeness (QED) is 0.609. The van der Waals surface area contributed by atoms with Crippen molar-refractivity contribution >= 4 is 66.2 Å². The second-order valence-electron chi connectivity index (χ2n) is 6.45. The lowest BCUT2D eigenvalue weighted by Crippen LogP contribution is -2.40. The summed E-state index contributed by atoms with van der Waals surface area (Å²) in [4.78, 5) is 15.0. The molecule has 152 valence electrons. The van der Waals surface area contributed by atoms with Crippen LogP contribution in [0.2, 0.25) is 10.0 Å². The summed E-state index contributed by atoms with van der Waals surface area (Å²) < 4.78 is 34.1. The number of amides is 1. The van der Waals surface area contributed by atoms with Crippen LogP contribution in [-0.2, 0) is 14.8 Å². The molecule has 2 aromatic carbocycles. The maximum Gasteiger partial charge on any atom is 0.264 e. The van der Waals surface area contributed by atoms with Crippen LogP contribution in [0.15, 0.2) is 47.4 Å². The number of morpholine rings is 1. The Kier molecular flexibility index (Phi) is 5.72. The largest absolute Gasteiger partial charge is 0.378 e. The van der Waals surface area contributed by atoms with Crippen molar-refractivity contribution in [1.82, 2.24) is 4.90 Å². The van der Waals surface area contributed by atoms with Crippen molar-refractivity contribution in [1.29, 1.82) is 0 Å². The van der Waals surface area contributed by atoms with E-state index in [9.17, 15) is 13.2 Å². The van der Waals surface area contributed by atoms with Gasteiger partial charge in [0.05, 0.1) is 23.1 Å². The minimum Gasteiger partial charge on any atom is -0.378 e. The highest BCUT2D eigenvalue weighted by Crippen LogP contribution is 2.31.